The predicted molar refractivity (Wildman–Crippen MR) is 62.0 cm³/mol. The molecule has 1 aromatic rings. The monoisotopic (exact) mass is 210 g/mol. The Morgan fingerprint density at radius 1 is 1.47 bits per heavy atom. The lowest BCUT2D eigenvalue weighted by molar-refractivity contribution is 0.499. The van der Waals surface area contributed by atoms with Gasteiger partial charge in [0, 0.05) is 6.54 Å². The predicted octanol–water partition coefficient (Wildman–Crippen LogP) is 2.54. The van der Waals surface area contributed by atoms with E-state index in [0.717, 1.165) is 18.5 Å². The molecule has 0 aromatic heterocycles. The summed E-state index contributed by atoms with van der Waals surface area (Å²) >= 11 is 0. The van der Waals surface area contributed by atoms with Gasteiger partial charge in [0.25, 0.3) is 0 Å². The highest BCUT2D eigenvalue weighted by molar-refractivity contribution is 5.41. The third-order valence-corrected chi connectivity index (χ3v) is 2.58. The molecule has 3 heteroatoms. The average molecular weight is 210 g/mol. The number of rotatable bonds is 5. The zero-order valence-electron chi connectivity index (χ0n) is 9.39. The molecule has 0 aliphatic rings. The lowest BCUT2D eigenvalue weighted by Gasteiger charge is -2.10. The van der Waals surface area contributed by atoms with Crippen molar-refractivity contribution < 1.29 is 4.39 Å². The van der Waals surface area contributed by atoms with Crippen LogP contribution in [0, 0.1) is 11.7 Å². The second-order valence-electron chi connectivity index (χ2n) is 4.00. The van der Waals surface area contributed by atoms with Gasteiger partial charge in [-0.25, -0.2) is 4.39 Å². The normalized spacial score (nSPS) is 12.7. The van der Waals surface area contributed by atoms with Gasteiger partial charge in [0.2, 0.25) is 0 Å². The molecule has 0 saturated carbocycles. The molecule has 3 N–H and O–H groups in total. The van der Waals surface area contributed by atoms with Crippen molar-refractivity contribution in [2.75, 3.05) is 12.3 Å². The van der Waals surface area contributed by atoms with Crippen LogP contribution in [0.2, 0.25) is 0 Å². The van der Waals surface area contributed by atoms with Gasteiger partial charge in [0.1, 0.15) is 5.82 Å². The van der Waals surface area contributed by atoms with Crippen molar-refractivity contribution in [3.63, 3.8) is 0 Å². The minimum absolute atomic E-state index is 0.209. The standard InChI is InChI=1S/C12H19FN2/c1-3-9(2)7-15-8-10-4-5-12(14)11(13)6-10/h4-6,9,15H,3,7-8,14H2,1-2H3. The first kappa shape index (κ1) is 12.0. The van der Waals surface area contributed by atoms with Crippen molar-refractivity contribution in [1.82, 2.24) is 5.32 Å². The summed E-state index contributed by atoms with van der Waals surface area (Å²) in [4.78, 5) is 0. The van der Waals surface area contributed by atoms with E-state index in [4.69, 9.17) is 5.73 Å². The van der Waals surface area contributed by atoms with Crippen molar-refractivity contribution in [2.24, 2.45) is 5.92 Å². The molecule has 0 bridgehead atoms. The SMILES string of the molecule is CCC(C)CNCc1ccc(N)c(F)c1. The lowest BCUT2D eigenvalue weighted by Crippen LogP contribution is -2.20. The van der Waals surface area contributed by atoms with E-state index in [1.165, 1.54) is 6.07 Å². The Balaban J connectivity index is 2.41. The maximum atomic E-state index is 13.1. The van der Waals surface area contributed by atoms with Gasteiger partial charge < -0.3 is 11.1 Å². The van der Waals surface area contributed by atoms with Crippen molar-refractivity contribution in [3.05, 3.63) is 29.6 Å². The molecule has 84 valence electrons. The number of benzene rings is 1. The van der Waals surface area contributed by atoms with Crippen LogP contribution < -0.4 is 11.1 Å². The number of halogens is 1. The molecule has 1 atom stereocenters. The fraction of sp³-hybridized carbons (Fsp3) is 0.500. The van der Waals surface area contributed by atoms with Crippen molar-refractivity contribution >= 4 is 5.69 Å². The number of nitrogens with one attached hydrogen (secondary N) is 1. The fourth-order valence-corrected chi connectivity index (χ4v) is 1.29. The number of nitrogen functional groups attached to an aromatic ring is 1. The van der Waals surface area contributed by atoms with E-state index in [-0.39, 0.29) is 11.5 Å². The maximum Gasteiger partial charge on any atom is 0.146 e. The van der Waals surface area contributed by atoms with E-state index in [0.29, 0.717) is 12.5 Å². The zero-order chi connectivity index (χ0) is 11.3. The third-order valence-electron chi connectivity index (χ3n) is 2.58. The topological polar surface area (TPSA) is 38.0 Å². The summed E-state index contributed by atoms with van der Waals surface area (Å²) in [6.07, 6.45) is 1.16. The van der Waals surface area contributed by atoms with E-state index in [1.54, 1.807) is 6.07 Å². The van der Waals surface area contributed by atoms with Crippen LogP contribution in [0.4, 0.5) is 10.1 Å². The van der Waals surface area contributed by atoms with Gasteiger partial charge >= 0.3 is 0 Å². The zero-order valence-corrected chi connectivity index (χ0v) is 9.39. The molecule has 0 saturated heterocycles. The van der Waals surface area contributed by atoms with Crippen molar-refractivity contribution in [2.45, 2.75) is 26.8 Å². The molecule has 0 aliphatic heterocycles. The highest BCUT2D eigenvalue weighted by Gasteiger charge is 2.01. The van der Waals surface area contributed by atoms with Crippen LogP contribution in [0.15, 0.2) is 18.2 Å². The van der Waals surface area contributed by atoms with Crippen LogP contribution in [0.1, 0.15) is 25.8 Å². The summed E-state index contributed by atoms with van der Waals surface area (Å²) in [5.41, 5.74) is 6.54. The Labute approximate surface area is 90.7 Å². The minimum atomic E-state index is -0.335. The van der Waals surface area contributed by atoms with Gasteiger partial charge in [-0.15, -0.1) is 0 Å². The van der Waals surface area contributed by atoms with E-state index >= 15 is 0 Å². The molecule has 15 heavy (non-hydrogen) atoms. The summed E-state index contributed by atoms with van der Waals surface area (Å²) in [5, 5.41) is 3.29. The third kappa shape index (κ3) is 3.88. The summed E-state index contributed by atoms with van der Waals surface area (Å²) in [7, 11) is 0. The van der Waals surface area contributed by atoms with Crippen LogP contribution in [0.3, 0.4) is 0 Å². The van der Waals surface area contributed by atoms with Gasteiger partial charge in [-0.05, 0) is 30.2 Å². The summed E-state index contributed by atoms with van der Waals surface area (Å²) < 4.78 is 13.1. The van der Waals surface area contributed by atoms with Crippen molar-refractivity contribution in [1.29, 1.82) is 0 Å². The molecule has 0 spiro atoms. The molecule has 0 radical (unpaired) electrons. The highest BCUT2D eigenvalue weighted by atomic mass is 19.1. The maximum absolute atomic E-state index is 13.1. The molecule has 1 aromatic carbocycles. The molecule has 0 heterocycles. The van der Waals surface area contributed by atoms with Crippen LogP contribution >= 0.6 is 0 Å². The number of nitrogens with two attached hydrogens (primary N) is 1. The van der Waals surface area contributed by atoms with Gasteiger partial charge in [-0.3, -0.25) is 0 Å². The Bertz CT molecular complexity index is 312. The first-order chi connectivity index (χ1) is 7.13. The molecule has 0 aliphatic carbocycles. The van der Waals surface area contributed by atoms with Crippen LogP contribution in [0.5, 0.6) is 0 Å². The van der Waals surface area contributed by atoms with E-state index in [2.05, 4.69) is 19.2 Å². The van der Waals surface area contributed by atoms with Crippen molar-refractivity contribution in [3.8, 4) is 0 Å². The molecular formula is C12H19FN2. The molecule has 0 amide bonds. The molecule has 2 nitrogen and oxygen atoms in total. The second-order valence-corrected chi connectivity index (χ2v) is 4.00. The van der Waals surface area contributed by atoms with E-state index in [1.807, 2.05) is 6.07 Å². The van der Waals surface area contributed by atoms with Crippen LogP contribution in [-0.2, 0) is 6.54 Å². The largest absolute Gasteiger partial charge is 0.396 e. The van der Waals surface area contributed by atoms with Gasteiger partial charge in [-0.2, -0.15) is 0 Å². The Morgan fingerprint density at radius 3 is 2.80 bits per heavy atom. The summed E-state index contributed by atoms with van der Waals surface area (Å²) in [5.74, 6) is 0.321. The van der Waals surface area contributed by atoms with Gasteiger partial charge in [0.05, 0.1) is 5.69 Å². The summed E-state index contributed by atoms with van der Waals surface area (Å²) in [6.45, 7) is 6.01. The van der Waals surface area contributed by atoms with Gasteiger partial charge in [-0.1, -0.05) is 26.3 Å². The molecule has 1 rings (SSSR count). The van der Waals surface area contributed by atoms with E-state index in [9.17, 15) is 4.39 Å². The number of hydrogen-bond acceptors (Lipinski definition) is 2. The number of hydrogen-bond donors (Lipinski definition) is 2. The van der Waals surface area contributed by atoms with Crippen LogP contribution in [0.25, 0.3) is 0 Å². The Hall–Kier alpha value is -1.09. The molecular weight excluding hydrogens is 191 g/mol. The first-order valence-electron chi connectivity index (χ1n) is 5.38. The lowest BCUT2D eigenvalue weighted by atomic mass is 10.1. The van der Waals surface area contributed by atoms with Gasteiger partial charge in [0.15, 0.2) is 0 Å². The smallest absolute Gasteiger partial charge is 0.146 e. The Kier molecular flexibility index (Phi) is 4.56. The summed E-state index contributed by atoms with van der Waals surface area (Å²) in [6, 6.07) is 4.94. The fourth-order valence-electron chi connectivity index (χ4n) is 1.29. The first-order valence-corrected chi connectivity index (χ1v) is 5.38. The molecule has 0 fully saturated rings. The quantitative estimate of drug-likeness (QED) is 0.733. The highest BCUT2D eigenvalue weighted by Crippen LogP contribution is 2.11. The second kappa shape index (κ2) is 5.71. The van der Waals surface area contributed by atoms with E-state index < -0.39 is 0 Å². The minimum Gasteiger partial charge on any atom is -0.396 e. The number of anilines is 1. The average Bonchev–Trinajstić information content (AvgIpc) is 2.23. The molecule has 1 unspecified atom stereocenters. The van der Waals surface area contributed by atoms with Crippen LogP contribution in [-0.4, -0.2) is 6.54 Å². The Morgan fingerprint density at radius 2 is 2.20 bits per heavy atom.